The minimum atomic E-state index is -1.14. The van der Waals surface area contributed by atoms with E-state index in [-0.39, 0.29) is 31.1 Å². The largest absolute Gasteiger partial charge is 0.469 e. The Morgan fingerprint density at radius 1 is 1.25 bits per heavy atom. The molecule has 0 bridgehead atoms. The van der Waals surface area contributed by atoms with Crippen molar-refractivity contribution in [2.75, 3.05) is 26.7 Å². The van der Waals surface area contributed by atoms with Gasteiger partial charge in [0, 0.05) is 32.1 Å². The maximum Gasteiger partial charge on any atom is 0.310 e. The fourth-order valence-corrected chi connectivity index (χ4v) is 2.06. The molecule has 0 aromatic heterocycles. The highest BCUT2D eigenvalue weighted by Gasteiger charge is 2.23. The highest BCUT2D eigenvalue weighted by molar-refractivity contribution is 5.94. The molecule has 0 spiro atoms. The van der Waals surface area contributed by atoms with Crippen molar-refractivity contribution in [1.82, 2.24) is 10.2 Å². The molecule has 0 fully saturated rings. The SMILES string of the molecule is COC(=O)C(C)CN(CCNC(C)=O)C(=O)c1ccc(F)c(F)c1. The number of carbonyl (C=O) groups excluding carboxylic acids is 3. The number of hydrogen-bond acceptors (Lipinski definition) is 4. The molecule has 24 heavy (non-hydrogen) atoms. The first-order chi connectivity index (χ1) is 11.3. The second-order valence-corrected chi connectivity index (χ2v) is 5.29. The van der Waals surface area contributed by atoms with Crippen LogP contribution in [0.25, 0.3) is 0 Å². The zero-order valence-corrected chi connectivity index (χ0v) is 13.8. The van der Waals surface area contributed by atoms with Crippen molar-refractivity contribution in [2.45, 2.75) is 13.8 Å². The maximum absolute atomic E-state index is 13.3. The summed E-state index contributed by atoms with van der Waals surface area (Å²) in [4.78, 5) is 36.3. The van der Waals surface area contributed by atoms with Crippen LogP contribution in [0.1, 0.15) is 24.2 Å². The van der Waals surface area contributed by atoms with Gasteiger partial charge in [0.15, 0.2) is 11.6 Å². The predicted molar refractivity (Wildman–Crippen MR) is 82.1 cm³/mol. The Bertz CT molecular complexity index is 622. The zero-order valence-electron chi connectivity index (χ0n) is 13.8. The van der Waals surface area contributed by atoms with Gasteiger partial charge in [-0.1, -0.05) is 6.92 Å². The number of ether oxygens (including phenoxy) is 1. The average Bonchev–Trinajstić information content (AvgIpc) is 2.54. The van der Waals surface area contributed by atoms with E-state index in [1.165, 1.54) is 18.9 Å². The molecule has 0 saturated heterocycles. The molecule has 2 amide bonds. The molecule has 132 valence electrons. The molecule has 1 atom stereocenters. The molecule has 1 N–H and O–H groups in total. The molecular formula is C16H20F2N2O4. The standard InChI is InChI=1S/C16H20F2N2O4/c1-10(16(23)24-3)9-20(7-6-19-11(2)21)15(22)12-4-5-13(17)14(18)8-12/h4-5,8,10H,6-7,9H2,1-3H3,(H,19,21). The van der Waals surface area contributed by atoms with Gasteiger partial charge in [-0.2, -0.15) is 0 Å². The Morgan fingerprint density at radius 3 is 2.46 bits per heavy atom. The molecule has 1 aromatic rings. The summed E-state index contributed by atoms with van der Waals surface area (Å²) >= 11 is 0. The molecule has 0 radical (unpaired) electrons. The van der Waals surface area contributed by atoms with Gasteiger partial charge in [-0.3, -0.25) is 14.4 Å². The minimum absolute atomic E-state index is 0.0179. The van der Waals surface area contributed by atoms with Crippen LogP contribution >= 0.6 is 0 Å². The van der Waals surface area contributed by atoms with Crippen LogP contribution in [0, 0.1) is 17.6 Å². The fourth-order valence-electron chi connectivity index (χ4n) is 2.06. The van der Waals surface area contributed by atoms with Gasteiger partial charge in [-0.05, 0) is 18.2 Å². The van der Waals surface area contributed by atoms with Crippen molar-refractivity contribution in [3.8, 4) is 0 Å². The number of benzene rings is 1. The number of carbonyl (C=O) groups is 3. The molecule has 1 rings (SSSR count). The summed E-state index contributed by atoms with van der Waals surface area (Å²) in [6.07, 6.45) is 0. The molecule has 0 saturated carbocycles. The Balaban J connectivity index is 2.92. The van der Waals surface area contributed by atoms with Gasteiger partial charge in [-0.25, -0.2) is 8.78 Å². The number of nitrogens with zero attached hydrogens (tertiary/aromatic N) is 1. The quantitative estimate of drug-likeness (QED) is 0.759. The number of amides is 2. The van der Waals surface area contributed by atoms with Gasteiger partial charge >= 0.3 is 5.97 Å². The molecule has 1 unspecified atom stereocenters. The van der Waals surface area contributed by atoms with E-state index in [1.807, 2.05) is 0 Å². The van der Waals surface area contributed by atoms with Crippen molar-refractivity contribution in [2.24, 2.45) is 5.92 Å². The second-order valence-electron chi connectivity index (χ2n) is 5.29. The summed E-state index contributed by atoms with van der Waals surface area (Å²) in [5.74, 6) is -4.15. The van der Waals surface area contributed by atoms with Crippen LogP contribution in [-0.4, -0.2) is 49.4 Å². The lowest BCUT2D eigenvalue weighted by molar-refractivity contribution is -0.145. The van der Waals surface area contributed by atoms with Gasteiger partial charge in [-0.15, -0.1) is 0 Å². The van der Waals surface area contributed by atoms with E-state index in [4.69, 9.17) is 0 Å². The normalized spacial score (nSPS) is 11.5. The fraction of sp³-hybridized carbons (Fsp3) is 0.438. The van der Waals surface area contributed by atoms with Crippen molar-refractivity contribution in [3.05, 3.63) is 35.4 Å². The predicted octanol–water partition coefficient (Wildman–Crippen LogP) is 1.35. The van der Waals surface area contributed by atoms with Crippen LogP contribution in [0.2, 0.25) is 0 Å². The molecule has 0 aliphatic heterocycles. The lowest BCUT2D eigenvalue weighted by Gasteiger charge is -2.25. The minimum Gasteiger partial charge on any atom is -0.469 e. The van der Waals surface area contributed by atoms with Crippen molar-refractivity contribution in [3.63, 3.8) is 0 Å². The van der Waals surface area contributed by atoms with Crippen LogP contribution in [0.5, 0.6) is 0 Å². The van der Waals surface area contributed by atoms with E-state index < -0.39 is 29.4 Å². The number of rotatable bonds is 7. The first kappa shape index (κ1) is 19.5. The summed E-state index contributed by atoms with van der Waals surface area (Å²) in [6, 6.07) is 2.82. The topological polar surface area (TPSA) is 75.7 Å². The molecule has 0 heterocycles. The van der Waals surface area contributed by atoms with Crippen molar-refractivity contribution >= 4 is 17.8 Å². The summed E-state index contributed by atoms with van der Waals surface area (Å²) in [6.45, 7) is 3.20. The summed E-state index contributed by atoms with van der Waals surface area (Å²) in [5.41, 5.74) is -0.0474. The molecule has 0 aliphatic rings. The molecular weight excluding hydrogens is 322 g/mol. The van der Waals surface area contributed by atoms with Gasteiger partial charge in [0.2, 0.25) is 5.91 Å². The monoisotopic (exact) mass is 342 g/mol. The van der Waals surface area contributed by atoms with E-state index in [9.17, 15) is 23.2 Å². The van der Waals surface area contributed by atoms with Crippen LogP contribution < -0.4 is 5.32 Å². The summed E-state index contributed by atoms with van der Waals surface area (Å²) in [5, 5.41) is 2.54. The molecule has 6 nitrogen and oxygen atoms in total. The smallest absolute Gasteiger partial charge is 0.310 e. The van der Waals surface area contributed by atoms with E-state index in [1.54, 1.807) is 6.92 Å². The Hall–Kier alpha value is -2.51. The third-order valence-corrected chi connectivity index (χ3v) is 3.31. The van der Waals surface area contributed by atoms with E-state index in [0.29, 0.717) is 0 Å². The highest BCUT2D eigenvalue weighted by atomic mass is 19.2. The van der Waals surface area contributed by atoms with Crippen molar-refractivity contribution in [1.29, 1.82) is 0 Å². The van der Waals surface area contributed by atoms with E-state index in [2.05, 4.69) is 10.1 Å². The lowest BCUT2D eigenvalue weighted by Crippen LogP contribution is -2.41. The highest BCUT2D eigenvalue weighted by Crippen LogP contribution is 2.13. The molecule has 0 aliphatic carbocycles. The number of hydrogen-bond donors (Lipinski definition) is 1. The third kappa shape index (κ3) is 5.60. The number of nitrogens with one attached hydrogen (secondary N) is 1. The number of esters is 1. The van der Waals surface area contributed by atoms with Gasteiger partial charge in [0.05, 0.1) is 13.0 Å². The van der Waals surface area contributed by atoms with Crippen LogP contribution in [0.3, 0.4) is 0 Å². The van der Waals surface area contributed by atoms with Crippen LogP contribution in [0.15, 0.2) is 18.2 Å². The van der Waals surface area contributed by atoms with E-state index >= 15 is 0 Å². The Kier molecular flexibility index (Phi) is 7.29. The first-order valence-corrected chi connectivity index (χ1v) is 7.32. The second kappa shape index (κ2) is 8.95. The van der Waals surface area contributed by atoms with E-state index in [0.717, 1.165) is 18.2 Å². The molecule has 1 aromatic carbocycles. The first-order valence-electron chi connectivity index (χ1n) is 7.32. The van der Waals surface area contributed by atoms with Crippen LogP contribution in [0.4, 0.5) is 8.78 Å². The molecule has 8 heteroatoms. The van der Waals surface area contributed by atoms with Gasteiger partial charge in [0.25, 0.3) is 5.91 Å². The number of halogens is 2. The summed E-state index contributed by atoms with van der Waals surface area (Å²) in [7, 11) is 1.23. The van der Waals surface area contributed by atoms with Gasteiger partial charge in [0.1, 0.15) is 0 Å². The summed E-state index contributed by atoms with van der Waals surface area (Å²) < 4.78 is 31.0. The van der Waals surface area contributed by atoms with Gasteiger partial charge < -0.3 is 15.0 Å². The third-order valence-electron chi connectivity index (χ3n) is 3.31. The maximum atomic E-state index is 13.3. The van der Waals surface area contributed by atoms with Crippen molar-refractivity contribution < 1.29 is 27.9 Å². The zero-order chi connectivity index (χ0) is 18.3. The lowest BCUT2D eigenvalue weighted by atomic mass is 10.1. The number of methoxy groups -OCH3 is 1. The Morgan fingerprint density at radius 2 is 1.92 bits per heavy atom. The van der Waals surface area contributed by atoms with Crippen LogP contribution in [-0.2, 0) is 14.3 Å². The Labute approximate surface area is 138 Å². The average molecular weight is 342 g/mol.